The number of esters is 6. The van der Waals surface area contributed by atoms with E-state index in [9.17, 15) is 28.8 Å². The van der Waals surface area contributed by atoms with Crippen LogP contribution in [0, 0.1) is 28.1 Å². The maximum Gasteiger partial charge on any atom is 0.333 e. The van der Waals surface area contributed by atoms with Gasteiger partial charge >= 0.3 is 35.8 Å². The molecule has 3 aliphatic heterocycles. The minimum Gasteiger partial charge on any atom is -0.472 e. The summed E-state index contributed by atoms with van der Waals surface area (Å²) in [5.41, 5.74) is -10.8. The highest BCUT2D eigenvalue weighted by molar-refractivity contribution is 5.88. The van der Waals surface area contributed by atoms with E-state index in [0.717, 1.165) is 0 Å². The van der Waals surface area contributed by atoms with Gasteiger partial charge in [-0.05, 0) is 45.1 Å². The number of hydrogen-bond acceptors (Lipinski definition) is 16. The van der Waals surface area contributed by atoms with Crippen LogP contribution in [0.3, 0.4) is 0 Å². The molecule has 3 saturated heterocycles. The van der Waals surface area contributed by atoms with E-state index in [1.54, 1.807) is 39.8 Å². The molecule has 16 nitrogen and oxygen atoms in total. The molecule has 7 aliphatic rings. The van der Waals surface area contributed by atoms with Crippen LogP contribution in [0.15, 0.2) is 34.7 Å². The number of hydrogen-bond donors (Lipinski definition) is 0. The van der Waals surface area contributed by atoms with Crippen molar-refractivity contribution in [3.63, 3.8) is 0 Å². The van der Waals surface area contributed by atoms with E-state index >= 15 is 0 Å². The summed E-state index contributed by atoms with van der Waals surface area (Å²) < 4.78 is 64.7. The van der Waals surface area contributed by atoms with Crippen molar-refractivity contribution >= 4 is 35.8 Å². The lowest BCUT2D eigenvalue weighted by Crippen LogP contribution is -2.95. The summed E-state index contributed by atoms with van der Waals surface area (Å²) in [6, 6.07) is 1.65. The lowest BCUT2D eigenvalue weighted by Gasteiger charge is -2.77. The summed E-state index contributed by atoms with van der Waals surface area (Å²) >= 11 is 0. The number of carbonyl (C=O) groups is 6. The van der Waals surface area contributed by atoms with Gasteiger partial charge in [0.15, 0.2) is 12.2 Å². The molecular formula is C41H50O16. The Hall–Kier alpha value is -4.28. The topological polar surface area (TPSA) is 199 Å². The fraction of sp³-hybridized carbons (Fsp3) is 0.707. The summed E-state index contributed by atoms with van der Waals surface area (Å²) in [4.78, 5) is 82.5. The molecule has 4 bridgehead atoms. The number of rotatable bonds is 10. The molecule has 57 heavy (non-hydrogen) atoms. The van der Waals surface area contributed by atoms with E-state index in [-0.39, 0.29) is 44.3 Å². The Bertz CT molecular complexity index is 1970. The van der Waals surface area contributed by atoms with Crippen molar-refractivity contribution < 1.29 is 75.8 Å². The zero-order valence-electron chi connectivity index (χ0n) is 33.7. The zero-order valence-corrected chi connectivity index (χ0v) is 33.7. The fourth-order valence-corrected chi connectivity index (χ4v) is 13.2. The molecule has 8 rings (SSSR count). The molecule has 13 atom stereocenters. The number of cyclic esters (lactones) is 1. The van der Waals surface area contributed by atoms with Gasteiger partial charge < -0.3 is 47.0 Å². The Morgan fingerprint density at radius 2 is 1.67 bits per heavy atom. The van der Waals surface area contributed by atoms with Gasteiger partial charge in [-0.2, -0.15) is 0 Å². The number of fused-ring (bicyclic) bond motifs is 3. The highest BCUT2D eigenvalue weighted by atomic mass is 16.9. The number of ether oxygens (including phenoxy) is 9. The minimum atomic E-state index is -2.20. The molecule has 0 aromatic carbocycles. The first-order valence-electron chi connectivity index (χ1n) is 19.5. The molecule has 4 saturated carbocycles. The van der Waals surface area contributed by atoms with Crippen LogP contribution in [0.2, 0.25) is 0 Å². The van der Waals surface area contributed by atoms with Gasteiger partial charge in [0.25, 0.3) is 5.97 Å². The van der Waals surface area contributed by atoms with E-state index in [1.165, 1.54) is 33.5 Å². The van der Waals surface area contributed by atoms with E-state index in [2.05, 4.69) is 0 Å². The molecule has 0 amide bonds. The van der Waals surface area contributed by atoms with Crippen LogP contribution in [-0.2, 0) is 71.4 Å². The molecule has 4 heterocycles. The zero-order chi connectivity index (χ0) is 41.4. The van der Waals surface area contributed by atoms with E-state index in [1.807, 2.05) is 13.8 Å². The molecule has 16 heteroatoms. The summed E-state index contributed by atoms with van der Waals surface area (Å²) in [5.74, 6) is -7.97. The van der Waals surface area contributed by atoms with E-state index < -0.39 is 117 Å². The number of methoxy groups -OCH3 is 1. The Kier molecular flexibility index (Phi) is 8.58. The van der Waals surface area contributed by atoms with E-state index in [4.69, 9.17) is 47.0 Å². The first-order chi connectivity index (χ1) is 26.8. The molecule has 7 fully saturated rings. The van der Waals surface area contributed by atoms with Gasteiger partial charge in [0, 0.05) is 61.5 Å². The number of carbonyl (C=O) groups excluding carboxylic acids is 6. The summed E-state index contributed by atoms with van der Waals surface area (Å²) in [6.07, 6.45) is -0.130. The van der Waals surface area contributed by atoms with Crippen molar-refractivity contribution in [2.45, 2.75) is 141 Å². The van der Waals surface area contributed by atoms with Gasteiger partial charge in [0.2, 0.25) is 5.60 Å². The lowest BCUT2D eigenvalue weighted by molar-refractivity contribution is -0.485. The molecule has 4 aliphatic carbocycles. The molecule has 310 valence electrons. The van der Waals surface area contributed by atoms with Gasteiger partial charge in [0.1, 0.15) is 29.5 Å². The predicted octanol–water partition coefficient (Wildman–Crippen LogP) is 4.32. The van der Waals surface area contributed by atoms with Gasteiger partial charge in [-0.25, -0.2) is 4.79 Å². The second-order valence-corrected chi connectivity index (χ2v) is 17.4. The van der Waals surface area contributed by atoms with E-state index in [0.29, 0.717) is 5.56 Å². The minimum absolute atomic E-state index is 0.0474. The Morgan fingerprint density at radius 3 is 2.28 bits per heavy atom. The first-order valence-corrected chi connectivity index (χ1v) is 19.5. The average molecular weight is 799 g/mol. The Morgan fingerprint density at radius 1 is 0.947 bits per heavy atom. The lowest BCUT2D eigenvalue weighted by atomic mass is 9.33. The van der Waals surface area contributed by atoms with Gasteiger partial charge in [-0.3, -0.25) is 24.0 Å². The number of allylic oxidation sites excluding steroid dienone is 1. The Labute approximate surface area is 329 Å². The standard InChI is InChI=1S/C41H50O16/c1-10-21(3)31(47)53-32-35(7)19-39-37(20-50-29(46)16-25(35)37)38-14-13-34(6,30(51-22(4)42)24-12-15-49-18-24)26(17-28(45)48-9)40(38,57-36(8,55-38)56-39)33(52-27(44)11-2)41(32,39)54-23(5)43/h10,12,15,18,25-26,30,32-33H,11,13-14,16-17,19-20H2,1-9H3/b21-10+/t25-,26+,30-,32-,33-,34+,35+,36+,37-,38-,39+,40+,41-/m0/s1. The monoisotopic (exact) mass is 798 g/mol. The second kappa shape index (κ2) is 12.4. The predicted molar refractivity (Wildman–Crippen MR) is 189 cm³/mol. The first kappa shape index (κ1) is 39.5. The fourth-order valence-electron chi connectivity index (χ4n) is 13.2. The van der Waals surface area contributed by atoms with Crippen LogP contribution < -0.4 is 0 Å². The third kappa shape index (κ3) is 4.49. The SMILES string of the molecule is C/C=C(\C)C(=O)O[C@H]1[C@]2(C)C[C@@]34O[C@]5(C)O[C@]6([C@H](CC(=O)OC)[C@](C)([C@@H](OC(C)=O)c7ccoc7)CC[C@]6(O5)[C@@]35COC(=O)C[C@@H]25)[C@H](OC(=O)CC)[C@@]14OC(C)=O. The van der Waals surface area contributed by atoms with Crippen molar-refractivity contribution in [1.29, 1.82) is 0 Å². The van der Waals surface area contributed by atoms with Crippen LogP contribution in [-0.4, -0.2) is 90.1 Å². The summed E-state index contributed by atoms with van der Waals surface area (Å²) in [5, 5.41) is 0. The van der Waals surface area contributed by atoms with Crippen LogP contribution in [0.25, 0.3) is 0 Å². The van der Waals surface area contributed by atoms with Crippen LogP contribution in [0.4, 0.5) is 0 Å². The number of furan rings is 1. The molecule has 1 aromatic rings. The summed E-state index contributed by atoms with van der Waals surface area (Å²) in [7, 11) is 1.23. The molecule has 1 aromatic heterocycles. The largest absolute Gasteiger partial charge is 0.472 e. The average Bonchev–Trinajstić information content (AvgIpc) is 3.86. The summed E-state index contributed by atoms with van der Waals surface area (Å²) in [6.45, 7) is 12.3. The van der Waals surface area contributed by atoms with Crippen molar-refractivity contribution in [2.75, 3.05) is 13.7 Å². The van der Waals surface area contributed by atoms with Crippen molar-refractivity contribution in [2.24, 2.45) is 28.1 Å². The van der Waals surface area contributed by atoms with Crippen LogP contribution >= 0.6 is 0 Å². The normalized spacial score (nSPS) is 44.9. The molecular weight excluding hydrogens is 748 g/mol. The second-order valence-electron chi connectivity index (χ2n) is 17.4. The van der Waals surface area contributed by atoms with Crippen LogP contribution in [0.1, 0.15) is 106 Å². The third-order valence-corrected chi connectivity index (χ3v) is 14.9. The highest BCUT2D eigenvalue weighted by Crippen LogP contribution is 2.90. The van der Waals surface area contributed by atoms with Gasteiger partial charge in [-0.15, -0.1) is 0 Å². The van der Waals surface area contributed by atoms with Crippen molar-refractivity contribution in [3.05, 3.63) is 35.8 Å². The quantitative estimate of drug-likeness (QED) is 0.184. The third-order valence-electron chi connectivity index (χ3n) is 14.9. The smallest absolute Gasteiger partial charge is 0.333 e. The Balaban J connectivity index is 1.53. The van der Waals surface area contributed by atoms with Gasteiger partial charge in [-0.1, -0.05) is 26.8 Å². The van der Waals surface area contributed by atoms with Gasteiger partial charge in [0.05, 0.1) is 31.5 Å². The molecule has 0 unspecified atom stereocenters. The maximum absolute atomic E-state index is 14.1. The molecule has 3 spiro atoms. The molecule has 0 N–H and O–H groups in total. The maximum atomic E-state index is 14.1. The molecule has 0 radical (unpaired) electrons. The van der Waals surface area contributed by atoms with Crippen molar-refractivity contribution in [1.82, 2.24) is 0 Å². The van der Waals surface area contributed by atoms with Crippen LogP contribution in [0.5, 0.6) is 0 Å². The highest BCUT2D eigenvalue weighted by Gasteiger charge is 3.06. The van der Waals surface area contributed by atoms with Crippen molar-refractivity contribution in [3.8, 4) is 0 Å².